The van der Waals surface area contributed by atoms with Crippen molar-refractivity contribution in [3.05, 3.63) is 28.8 Å². The molecule has 1 aromatic rings. The number of ether oxygens (including phenoxy) is 2. The van der Waals surface area contributed by atoms with E-state index in [4.69, 9.17) is 21.1 Å². The molecule has 1 aromatic carbocycles. The normalized spacial score (nSPS) is 20.1. The smallest absolute Gasteiger partial charge is 0.260 e. The second kappa shape index (κ2) is 8.35. The third-order valence-electron chi connectivity index (χ3n) is 4.25. The molecule has 0 spiro atoms. The lowest BCUT2D eigenvalue weighted by molar-refractivity contribution is -0.132. The van der Waals surface area contributed by atoms with Crippen molar-refractivity contribution in [3.63, 3.8) is 0 Å². The fourth-order valence-electron chi connectivity index (χ4n) is 2.95. The molecule has 2 atom stereocenters. The highest BCUT2D eigenvalue weighted by Crippen LogP contribution is 2.25. The summed E-state index contributed by atoms with van der Waals surface area (Å²) in [4.78, 5) is 26.0. The molecule has 1 fully saturated rings. The van der Waals surface area contributed by atoms with Crippen molar-refractivity contribution in [3.8, 4) is 5.75 Å². The molecule has 6 nitrogen and oxygen atoms in total. The van der Waals surface area contributed by atoms with Crippen LogP contribution < -0.4 is 10.1 Å². The molecule has 2 unspecified atom stereocenters. The lowest BCUT2D eigenvalue weighted by atomic mass is 9.96. The van der Waals surface area contributed by atoms with Gasteiger partial charge in [-0.2, -0.15) is 0 Å². The Morgan fingerprint density at radius 2 is 2.12 bits per heavy atom. The van der Waals surface area contributed by atoms with Crippen molar-refractivity contribution >= 4 is 23.4 Å². The van der Waals surface area contributed by atoms with Crippen LogP contribution in [0.5, 0.6) is 5.75 Å². The van der Waals surface area contributed by atoms with Crippen molar-refractivity contribution in [2.75, 3.05) is 40.5 Å². The number of aryl methyl sites for hydroxylation is 1. The summed E-state index contributed by atoms with van der Waals surface area (Å²) in [6, 6.07) is 5.25. The van der Waals surface area contributed by atoms with E-state index in [0.717, 1.165) is 5.56 Å². The Morgan fingerprint density at radius 1 is 1.38 bits per heavy atom. The monoisotopic (exact) mass is 354 g/mol. The van der Waals surface area contributed by atoms with E-state index >= 15 is 0 Å². The van der Waals surface area contributed by atoms with Crippen LogP contribution in [0.2, 0.25) is 5.02 Å². The number of likely N-dealkylation sites (tertiary alicyclic amines) is 1. The van der Waals surface area contributed by atoms with Crippen LogP contribution in [0.3, 0.4) is 0 Å². The van der Waals surface area contributed by atoms with E-state index < -0.39 is 0 Å². The lowest BCUT2D eigenvalue weighted by Crippen LogP contribution is -2.36. The Bertz CT molecular complexity index is 608. The van der Waals surface area contributed by atoms with Crippen molar-refractivity contribution in [1.82, 2.24) is 10.2 Å². The molecule has 0 radical (unpaired) electrons. The molecule has 1 N–H and O–H groups in total. The van der Waals surface area contributed by atoms with Crippen LogP contribution in [0.4, 0.5) is 0 Å². The van der Waals surface area contributed by atoms with E-state index in [-0.39, 0.29) is 30.3 Å². The van der Waals surface area contributed by atoms with Crippen LogP contribution in [0.25, 0.3) is 0 Å². The van der Waals surface area contributed by atoms with E-state index in [2.05, 4.69) is 5.32 Å². The predicted octanol–water partition coefficient (Wildman–Crippen LogP) is 1.49. The van der Waals surface area contributed by atoms with Gasteiger partial charge in [-0.1, -0.05) is 11.6 Å². The topological polar surface area (TPSA) is 67.9 Å². The molecule has 0 aliphatic carbocycles. The minimum Gasteiger partial charge on any atom is -0.483 e. The van der Waals surface area contributed by atoms with Crippen LogP contribution in [-0.4, -0.2) is 57.2 Å². The molecule has 1 aliphatic heterocycles. The van der Waals surface area contributed by atoms with Gasteiger partial charge in [-0.15, -0.1) is 0 Å². The van der Waals surface area contributed by atoms with E-state index in [1.54, 1.807) is 37.3 Å². The minimum atomic E-state index is -0.254. The van der Waals surface area contributed by atoms with Gasteiger partial charge >= 0.3 is 0 Å². The molecule has 132 valence electrons. The number of hydrogen-bond acceptors (Lipinski definition) is 4. The average molecular weight is 355 g/mol. The highest BCUT2D eigenvalue weighted by atomic mass is 35.5. The molecular formula is C17H23ClN2O4. The van der Waals surface area contributed by atoms with Crippen LogP contribution in [0, 0.1) is 18.8 Å². The van der Waals surface area contributed by atoms with Gasteiger partial charge in [0.2, 0.25) is 5.91 Å². The molecule has 2 rings (SSSR count). The van der Waals surface area contributed by atoms with Gasteiger partial charge in [-0.25, -0.2) is 0 Å². The summed E-state index contributed by atoms with van der Waals surface area (Å²) in [5.74, 6) is 0.161. The van der Waals surface area contributed by atoms with Gasteiger partial charge in [0.15, 0.2) is 6.61 Å². The first-order valence-electron chi connectivity index (χ1n) is 7.83. The summed E-state index contributed by atoms with van der Waals surface area (Å²) in [6.07, 6.45) is 0. The number of carbonyl (C=O) groups excluding carboxylic acids is 2. The SMILES string of the molecule is CNC(=O)C1CN(C(=O)COc2ccc(Cl)cc2C)CC1COC. The van der Waals surface area contributed by atoms with E-state index in [1.807, 2.05) is 6.92 Å². The summed E-state index contributed by atoms with van der Waals surface area (Å²) < 4.78 is 10.8. The Labute approximate surface area is 147 Å². The van der Waals surface area contributed by atoms with E-state index in [1.165, 1.54) is 0 Å². The summed E-state index contributed by atoms with van der Waals surface area (Å²) >= 11 is 5.91. The first-order chi connectivity index (χ1) is 11.5. The average Bonchev–Trinajstić information content (AvgIpc) is 2.97. The molecule has 2 amide bonds. The zero-order chi connectivity index (χ0) is 17.7. The van der Waals surface area contributed by atoms with Gasteiger partial charge < -0.3 is 19.7 Å². The van der Waals surface area contributed by atoms with Gasteiger partial charge in [0.25, 0.3) is 5.91 Å². The third kappa shape index (κ3) is 4.39. The second-order valence-corrected chi connectivity index (χ2v) is 6.37. The summed E-state index contributed by atoms with van der Waals surface area (Å²) in [6.45, 7) is 3.13. The number of halogens is 1. The number of methoxy groups -OCH3 is 1. The van der Waals surface area contributed by atoms with E-state index in [9.17, 15) is 9.59 Å². The van der Waals surface area contributed by atoms with Gasteiger partial charge in [0.1, 0.15) is 5.75 Å². The molecular weight excluding hydrogens is 332 g/mol. The number of amides is 2. The summed E-state index contributed by atoms with van der Waals surface area (Å²) in [7, 11) is 3.20. The van der Waals surface area contributed by atoms with Crippen LogP contribution in [-0.2, 0) is 14.3 Å². The summed E-state index contributed by atoms with van der Waals surface area (Å²) in [5.41, 5.74) is 0.872. The maximum atomic E-state index is 12.4. The first kappa shape index (κ1) is 18.5. The number of benzene rings is 1. The number of nitrogens with one attached hydrogen (secondary N) is 1. The molecule has 7 heteroatoms. The molecule has 0 aromatic heterocycles. The molecule has 1 aliphatic rings. The van der Waals surface area contributed by atoms with Crippen LogP contribution in [0.1, 0.15) is 5.56 Å². The number of hydrogen-bond donors (Lipinski definition) is 1. The Morgan fingerprint density at radius 3 is 2.75 bits per heavy atom. The minimum absolute atomic E-state index is 0.00355. The van der Waals surface area contributed by atoms with Gasteiger partial charge in [0.05, 0.1) is 12.5 Å². The molecule has 0 bridgehead atoms. The molecule has 0 saturated carbocycles. The second-order valence-electron chi connectivity index (χ2n) is 5.93. The maximum Gasteiger partial charge on any atom is 0.260 e. The lowest BCUT2D eigenvalue weighted by Gasteiger charge is -2.17. The standard InChI is InChI=1S/C17H23ClN2O4/c1-11-6-13(18)4-5-15(11)24-10-16(21)20-7-12(9-23-3)14(8-20)17(22)19-2/h4-6,12,14H,7-10H2,1-3H3,(H,19,22). The quantitative estimate of drug-likeness (QED) is 0.840. The number of carbonyl (C=O) groups is 2. The zero-order valence-corrected chi connectivity index (χ0v) is 14.9. The van der Waals surface area contributed by atoms with E-state index in [0.29, 0.717) is 30.5 Å². The van der Waals surface area contributed by atoms with Gasteiger partial charge in [-0.3, -0.25) is 9.59 Å². The molecule has 24 heavy (non-hydrogen) atoms. The fourth-order valence-corrected chi connectivity index (χ4v) is 3.17. The van der Waals surface area contributed by atoms with Gasteiger partial charge in [-0.05, 0) is 30.7 Å². The van der Waals surface area contributed by atoms with Crippen LogP contribution >= 0.6 is 11.6 Å². The Hall–Kier alpha value is -1.79. The molecule has 1 heterocycles. The number of rotatable bonds is 6. The third-order valence-corrected chi connectivity index (χ3v) is 4.48. The largest absolute Gasteiger partial charge is 0.483 e. The highest BCUT2D eigenvalue weighted by molar-refractivity contribution is 6.30. The van der Waals surface area contributed by atoms with Gasteiger partial charge in [0, 0.05) is 38.2 Å². The predicted molar refractivity (Wildman–Crippen MR) is 91.2 cm³/mol. The summed E-state index contributed by atoms with van der Waals surface area (Å²) in [5, 5.41) is 3.28. The van der Waals surface area contributed by atoms with Crippen molar-refractivity contribution < 1.29 is 19.1 Å². The fraction of sp³-hybridized carbons (Fsp3) is 0.529. The van der Waals surface area contributed by atoms with Crippen molar-refractivity contribution in [1.29, 1.82) is 0 Å². The highest BCUT2D eigenvalue weighted by Gasteiger charge is 2.39. The first-order valence-corrected chi connectivity index (χ1v) is 8.21. The number of nitrogens with zero attached hydrogens (tertiary/aromatic N) is 1. The van der Waals surface area contributed by atoms with Crippen molar-refractivity contribution in [2.24, 2.45) is 11.8 Å². The van der Waals surface area contributed by atoms with Crippen molar-refractivity contribution in [2.45, 2.75) is 6.92 Å². The maximum absolute atomic E-state index is 12.4. The molecule has 1 saturated heterocycles. The zero-order valence-electron chi connectivity index (χ0n) is 14.2. The van der Waals surface area contributed by atoms with Crippen LogP contribution in [0.15, 0.2) is 18.2 Å². The Kier molecular flexibility index (Phi) is 6.45. The Balaban J connectivity index is 1.96.